The van der Waals surface area contributed by atoms with E-state index in [0.29, 0.717) is 12.3 Å². The van der Waals surface area contributed by atoms with Crippen LogP contribution in [0.15, 0.2) is 36.4 Å². The summed E-state index contributed by atoms with van der Waals surface area (Å²) in [6.07, 6.45) is -2.50. The lowest BCUT2D eigenvalue weighted by Crippen LogP contribution is -2.12. The lowest BCUT2D eigenvalue weighted by molar-refractivity contribution is -0.452. The zero-order valence-corrected chi connectivity index (χ0v) is 14.7. The molecule has 0 unspecified atom stereocenters. The predicted molar refractivity (Wildman–Crippen MR) is 91.9 cm³/mol. The normalized spacial score (nSPS) is 16.0. The highest BCUT2D eigenvalue weighted by Crippen LogP contribution is 2.42. The maximum absolute atomic E-state index is 12.7. The van der Waals surface area contributed by atoms with Gasteiger partial charge < -0.3 is 4.74 Å². The van der Waals surface area contributed by atoms with E-state index in [-0.39, 0.29) is 5.41 Å². The summed E-state index contributed by atoms with van der Waals surface area (Å²) >= 11 is 0. The van der Waals surface area contributed by atoms with Gasteiger partial charge >= 0.3 is 6.18 Å². The molecule has 0 amide bonds. The molecule has 25 heavy (non-hydrogen) atoms. The summed E-state index contributed by atoms with van der Waals surface area (Å²) in [5.74, 6) is 0.848. The topological polar surface area (TPSA) is 12.2 Å². The fraction of sp³-hybridized carbons (Fsp3) is 0.350. The number of ether oxygens (including phenoxy) is 1. The highest BCUT2D eigenvalue weighted by Gasteiger charge is 2.33. The molecule has 3 rings (SSSR count). The molecule has 0 N–H and O–H groups in total. The van der Waals surface area contributed by atoms with Gasteiger partial charge in [0.05, 0.1) is 5.56 Å². The molecule has 2 aromatic rings. The Morgan fingerprint density at radius 2 is 1.68 bits per heavy atom. The van der Waals surface area contributed by atoms with E-state index in [1.165, 1.54) is 12.1 Å². The number of benzene rings is 2. The average Bonchev–Trinajstić information content (AvgIpc) is 2.88. The van der Waals surface area contributed by atoms with Gasteiger partial charge in [0.15, 0.2) is 6.21 Å². The maximum Gasteiger partial charge on any atom is 0.416 e. The smallest absolute Gasteiger partial charge is 0.416 e. The molecule has 132 valence electrons. The monoisotopic (exact) mass is 348 g/mol. The average molecular weight is 348 g/mol. The highest BCUT2D eigenvalue weighted by atomic mass is 19.4. The van der Waals surface area contributed by atoms with Crippen molar-refractivity contribution in [3.05, 3.63) is 58.7 Å². The lowest BCUT2D eigenvalue weighted by atomic mass is 9.85. The van der Waals surface area contributed by atoms with Crippen molar-refractivity contribution in [3.63, 3.8) is 0 Å². The SMILES string of the molecule is Cc1cc2c(c(C(C)(C)C)c1)OC/[N+]2=C/c1ccc(C(F)(F)F)cc1. The molecule has 5 heteroatoms. The van der Waals surface area contributed by atoms with E-state index < -0.39 is 11.7 Å². The maximum atomic E-state index is 12.7. The molecule has 0 bridgehead atoms. The summed E-state index contributed by atoms with van der Waals surface area (Å²) in [5, 5.41) is 0. The van der Waals surface area contributed by atoms with Gasteiger partial charge in [-0.1, -0.05) is 26.8 Å². The standard InChI is InChI=1S/C20H21F3NO/c1-13-9-16(19(2,3)4)18-17(10-13)24(12-25-18)11-14-5-7-15(8-6-14)20(21,22)23/h5-11H,12H2,1-4H3/q+1/b24-11-. The Balaban J connectivity index is 2.00. The third kappa shape index (κ3) is 3.55. The highest BCUT2D eigenvalue weighted by molar-refractivity contribution is 5.77. The summed E-state index contributed by atoms with van der Waals surface area (Å²) in [6.45, 7) is 8.78. The number of halogens is 3. The van der Waals surface area contributed by atoms with Crippen LogP contribution in [0.5, 0.6) is 5.75 Å². The summed E-state index contributed by atoms with van der Waals surface area (Å²) in [6, 6.07) is 9.31. The van der Waals surface area contributed by atoms with Crippen molar-refractivity contribution in [2.45, 2.75) is 39.3 Å². The van der Waals surface area contributed by atoms with Crippen molar-refractivity contribution in [2.75, 3.05) is 6.73 Å². The van der Waals surface area contributed by atoms with Crippen LogP contribution in [-0.2, 0) is 11.6 Å². The molecule has 0 radical (unpaired) electrons. The molecule has 1 heterocycles. The number of hydrogen-bond donors (Lipinski definition) is 0. The molecule has 1 aliphatic heterocycles. The van der Waals surface area contributed by atoms with Crippen LogP contribution in [0, 0.1) is 6.92 Å². The molecule has 0 aromatic heterocycles. The van der Waals surface area contributed by atoms with Crippen LogP contribution in [0.2, 0.25) is 0 Å². The second kappa shape index (κ2) is 5.90. The molecule has 0 saturated heterocycles. The molecule has 0 aliphatic carbocycles. The van der Waals surface area contributed by atoms with Crippen molar-refractivity contribution in [1.82, 2.24) is 0 Å². The molecule has 0 atom stereocenters. The first-order valence-electron chi connectivity index (χ1n) is 8.12. The molecule has 0 saturated carbocycles. The van der Waals surface area contributed by atoms with Gasteiger partial charge in [0.2, 0.25) is 5.75 Å². The number of nitrogens with zero attached hydrogens (tertiary/aromatic N) is 1. The number of rotatable bonds is 1. The zero-order valence-electron chi connectivity index (χ0n) is 14.7. The molecule has 1 aliphatic rings. The van der Waals surface area contributed by atoms with Gasteiger partial charge in [-0.2, -0.15) is 17.7 Å². The Morgan fingerprint density at radius 3 is 2.24 bits per heavy atom. The minimum absolute atomic E-state index is 0.0551. The van der Waals surface area contributed by atoms with Gasteiger partial charge in [-0.05, 0) is 42.2 Å². The molecule has 2 aromatic carbocycles. The van der Waals surface area contributed by atoms with Crippen LogP contribution in [0.1, 0.15) is 43.0 Å². The van der Waals surface area contributed by atoms with Gasteiger partial charge in [0, 0.05) is 17.2 Å². The first-order chi connectivity index (χ1) is 11.6. The van der Waals surface area contributed by atoms with E-state index in [4.69, 9.17) is 4.74 Å². The first kappa shape index (κ1) is 17.5. The van der Waals surface area contributed by atoms with E-state index in [0.717, 1.165) is 34.7 Å². The van der Waals surface area contributed by atoms with Crippen molar-refractivity contribution in [3.8, 4) is 5.75 Å². The van der Waals surface area contributed by atoms with E-state index in [1.807, 2.05) is 23.8 Å². The van der Waals surface area contributed by atoms with Crippen LogP contribution in [0.3, 0.4) is 0 Å². The lowest BCUT2D eigenvalue weighted by Gasteiger charge is -2.20. The minimum Gasteiger partial charge on any atom is -0.429 e. The molecular formula is C20H21F3NO+. The van der Waals surface area contributed by atoms with E-state index >= 15 is 0 Å². The van der Waals surface area contributed by atoms with Gasteiger partial charge in [0.1, 0.15) is 0 Å². The number of hydrogen-bond acceptors (Lipinski definition) is 1. The second-order valence-corrected chi connectivity index (χ2v) is 7.40. The Kier molecular flexibility index (Phi) is 4.13. The summed E-state index contributed by atoms with van der Waals surface area (Å²) < 4.78 is 45.9. The molecule has 0 fully saturated rings. The summed E-state index contributed by atoms with van der Waals surface area (Å²) in [4.78, 5) is 0. The number of fused-ring (bicyclic) bond motifs is 1. The van der Waals surface area contributed by atoms with Crippen LogP contribution in [0.25, 0.3) is 0 Å². The van der Waals surface area contributed by atoms with Crippen molar-refractivity contribution >= 4 is 11.9 Å². The number of alkyl halides is 3. The fourth-order valence-corrected chi connectivity index (χ4v) is 2.92. The molecule has 0 spiro atoms. The van der Waals surface area contributed by atoms with Gasteiger partial charge in [0.25, 0.3) is 12.4 Å². The Hall–Kier alpha value is -2.30. The van der Waals surface area contributed by atoms with Crippen LogP contribution in [-0.4, -0.2) is 17.5 Å². The van der Waals surface area contributed by atoms with Crippen molar-refractivity contribution in [2.24, 2.45) is 0 Å². The summed E-state index contributed by atoms with van der Waals surface area (Å²) in [5.41, 5.74) is 3.20. The van der Waals surface area contributed by atoms with E-state index in [9.17, 15) is 13.2 Å². The third-order valence-electron chi connectivity index (χ3n) is 4.22. The Labute approximate surface area is 145 Å². The van der Waals surface area contributed by atoms with Crippen LogP contribution in [0.4, 0.5) is 18.9 Å². The third-order valence-corrected chi connectivity index (χ3v) is 4.22. The van der Waals surface area contributed by atoms with Gasteiger partial charge in [-0.15, -0.1) is 0 Å². The van der Waals surface area contributed by atoms with Crippen molar-refractivity contribution in [1.29, 1.82) is 0 Å². The fourth-order valence-electron chi connectivity index (χ4n) is 2.92. The number of aryl methyl sites for hydroxylation is 1. The summed E-state index contributed by atoms with van der Waals surface area (Å²) in [7, 11) is 0. The van der Waals surface area contributed by atoms with E-state index in [1.54, 1.807) is 0 Å². The van der Waals surface area contributed by atoms with Gasteiger partial charge in [-0.25, -0.2) is 0 Å². The largest absolute Gasteiger partial charge is 0.429 e. The van der Waals surface area contributed by atoms with Gasteiger partial charge in [-0.3, -0.25) is 0 Å². The van der Waals surface area contributed by atoms with Crippen LogP contribution >= 0.6 is 0 Å². The Morgan fingerprint density at radius 1 is 1.04 bits per heavy atom. The first-order valence-corrected chi connectivity index (χ1v) is 8.12. The molecule has 2 nitrogen and oxygen atoms in total. The predicted octanol–water partition coefficient (Wildman–Crippen LogP) is 5.42. The minimum atomic E-state index is -4.32. The zero-order chi connectivity index (χ0) is 18.4. The van der Waals surface area contributed by atoms with Crippen LogP contribution < -0.4 is 4.74 Å². The van der Waals surface area contributed by atoms with E-state index in [2.05, 4.69) is 26.8 Å². The quantitative estimate of drug-likeness (QED) is 0.627. The molecular weight excluding hydrogens is 327 g/mol. The van der Waals surface area contributed by atoms with Crippen molar-refractivity contribution < 1.29 is 22.5 Å². The second-order valence-electron chi connectivity index (χ2n) is 7.40. The Bertz CT molecular complexity index is 828.